The lowest BCUT2D eigenvalue weighted by atomic mass is 10.3. The van der Waals surface area contributed by atoms with Crippen LogP contribution in [0.5, 0.6) is 0 Å². The largest absolute Gasteiger partial charge is 0.480 e. The molecule has 1 saturated heterocycles. The van der Waals surface area contributed by atoms with E-state index in [4.69, 9.17) is 5.11 Å². The molecule has 0 spiro atoms. The number of carboxylic acids is 1. The van der Waals surface area contributed by atoms with Crippen LogP contribution in [0.3, 0.4) is 0 Å². The van der Waals surface area contributed by atoms with Crippen LogP contribution in [0.15, 0.2) is 0 Å². The van der Waals surface area contributed by atoms with Crippen molar-refractivity contribution in [3.63, 3.8) is 0 Å². The van der Waals surface area contributed by atoms with Crippen molar-refractivity contribution < 1.29 is 18.3 Å². The van der Waals surface area contributed by atoms with Gasteiger partial charge in [0.15, 0.2) is 0 Å². The molecule has 0 bridgehead atoms. The van der Waals surface area contributed by atoms with Crippen molar-refractivity contribution in [2.24, 2.45) is 0 Å². The molecule has 19 heavy (non-hydrogen) atoms. The molecule has 0 atom stereocenters. The summed E-state index contributed by atoms with van der Waals surface area (Å²) in [6.45, 7) is 4.15. The molecule has 112 valence electrons. The zero-order valence-corrected chi connectivity index (χ0v) is 12.4. The van der Waals surface area contributed by atoms with Gasteiger partial charge in [0.05, 0.1) is 6.54 Å². The summed E-state index contributed by atoms with van der Waals surface area (Å²) < 4.78 is 27.3. The van der Waals surface area contributed by atoms with E-state index in [1.807, 2.05) is 6.92 Å². The van der Waals surface area contributed by atoms with Crippen LogP contribution >= 0.6 is 0 Å². The molecule has 0 aliphatic carbocycles. The minimum absolute atomic E-state index is 0.0282. The van der Waals surface area contributed by atoms with Crippen LogP contribution in [0.2, 0.25) is 0 Å². The Hall–Kier alpha value is -0.700. The van der Waals surface area contributed by atoms with Crippen molar-refractivity contribution in [1.29, 1.82) is 0 Å². The van der Waals surface area contributed by atoms with E-state index in [0.29, 0.717) is 32.7 Å². The molecule has 1 rings (SSSR count). The number of carbonyl (C=O) groups is 1. The molecule has 1 N–H and O–H groups in total. The molecule has 7 nitrogen and oxygen atoms in total. The Labute approximate surface area is 115 Å². The van der Waals surface area contributed by atoms with Gasteiger partial charge in [-0.15, -0.1) is 0 Å². The quantitative estimate of drug-likeness (QED) is 0.695. The topological polar surface area (TPSA) is 81.2 Å². The van der Waals surface area contributed by atoms with E-state index in [2.05, 4.69) is 0 Å². The number of piperazine rings is 1. The van der Waals surface area contributed by atoms with E-state index >= 15 is 0 Å². The minimum Gasteiger partial charge on any atom is -0.480 e. The first-order valence-corrected chi connectivity index (χ1v) is 7.93. The van der Waals surface area contributed by atoms with E-state index in [-0.39, 0.29) is 6.54 Å². The molecule has 0 aromatic heterocycles. The van der Waals surface area contributed by atoms with Gasteiger partial charge in [-0.05, 0) is 6.42 Å². The van der Waals surface area contributed by atoms with Gasteiger partial charge < -0.3 is 5.11 Å². The molecule has 0 radical (unpaired) electrons. The Bertz CT molecular complexity index is 391. The van der Waals surface area contributed by atoms with E-state index < -0.39 is 16.2 Å². The number of hydrogen-bond donors (Lipinski definition) is 1. The number of rotatable bonds is 7. The first-order chi connectivity index (χ1) is 8.87. The SMILES string of the molecule is CCCCN(C)S(=O)(=O)N1CCN(CC(=O)O)CC1. The highest BCUT2D eigenvalue weighted by Crippen LogP contribution is 2.11. The number of hydrogen-bond acceptors (Lipinski definition) is 4. The number of nitrogens with zero attached hydrogens (tertiary/aromatic N) is 3. The van der Waals surface area contributed by atoms with Gasteiger partial charge in [0.1, 0.15) is 0 Å². The number of carboxylic acid groups (broad SMARTS) is 1. The summed E-state index contributed by atoms with van der Waals surface area (Å²) in [5.41, 5.74) is 0. The van der Waals surface area contributed by atoms with Crippen molar-refractivity contribution in [2.45, 2.75) is 19.8 Å². The van der Waals surface area contributed by atoms with Crippen LogP contribution in [0.1, 0.15) is 19.8 Å². The average molecular weight is 293 g/mol. The summed E-state index contributed by atoms with van der Waals surface area (Å²) in [5.74, 6) is -0.878. The highest BCUT2D eigenvalue weighted by molar-refractivity contribution is 7.86. The third kappa shape index (κ3) is 4.72. The van der Waals surface area contributed by atoms with Gasteiger partial charge in [0.25, 0.3) is 10.2 Å². The fourth-order valence-corrected chi connectivity index (χ4v) is 3.38. The molecule has 0 amide bonds. The summed E-state index contributed by atoms with van der Waals surface area (Å²) >= 11 is 0. The molecule has 0 aromatic rings. The molecule has 1 aliphatic heterocycles. The van der Waals surface area contributed by atoms with E-state index in [1.165, 1.54) is 8.61 Å². The van der Waals surface area contributed by atoms with Crippen molar-refractivity contribution in [3.8, 4) is 0 Å². The molecule has 0 saturated carbocycles. The monoisotopic (exact) mass is 293 g/mol. The average Bonchev–Trinajstić information content (AvgIpc) is 2.35. The molecule has 0 aromatic carbocycles. The van der Waals surface area contributed by atoms with Crippen LogP contribution in [-0.2, 0) is 15.0 Å². The van der Waals surface area contributed by atoms with Crippen molar-refractivity contribution in [2.75, 3.05) is 46.3 Å². The maximum atomic E-state index is 12.2. The van der Waals surface area contributed by atoms with Crippen LogP contribution in [0.4, 0.5) is 0 Å². The Morgan fingerprint density at radius 2 is 1.84 bits per heavy atom. The van der Waals surface area contributed by atoms with E-state index in [1.54, 1.807) is 11.9 Å². The summed E-state index contributed by atoms with van der Waals surface area (Å²) in [7, 11) is -1.80. The summed E-state index contributed by atoms with van der Waals surface area (Å²) in [6.07, 6.45) is 1.79. The van der Waals surface area contributed by atoms with Crippen molar-refractivity contribution in [3.05, 3.63) is 0 Å². The Balaban J connectivity index is 2.51. The molecular formula is C11H23N3O4S. The smallest absolute Gasteiger partial charge is 0.317 e. The maximum Gasteiger partial charge on any atom is 0.317 e. The van der Waals surface area contributed by atoms with Gasteiger partial charge >= 0.3 is 5.97 Å². The zero-order chi connectivity index (χ0) is 14.5. The van der Waals surface area contributed by atoms with Gasteiger partial charge in [-0.2, -0.15) is 17.0 Å². The Kier molecular flexibility index (Phi) is 6.18. The Morgan fingerprint density at radius 1 is 1.26 bits per heavy atom. The lowest BCUT2D eigenvalue weighted by Crippen LogP contribution is -2.53. The fourth-order valence-electron chi connectivity index (χ4n) is 2.00. The molecular weight excluding hydrogens is 270 g/mol. The zero-order valence-electron chi connectivity index (χ0n) is 11.6. The predicted molar refractivity (Wildman–Crippen MR) is 72.1 cm³/mol. The van der Waals surface area contributed by atoms with Gasteiger partial charge in [0.2, 0.25) is 0 Å². The Morgan fingerprint density at radius 3 is 2.32 bits per heavy atom. The van der Waals surface area contributed by atoms with Gasteiger partial charge in [0, 0.05) is 39.8 Å². The lowest BCUT2D eigenvalue weighted by molar-refractivity contribution is -0.138. The number of unbranched alkanes of at least 4 members (excludes halogenated alkanes) is 1. The predicted octanol–water partition coefficient (Wildman–Crippen LogP) is -0.335. The van der Waals surface area contributed by atoms with Crippen LogP contribution in [0.25, 0.3) is 0 Å². The maximum absolute atomic E-state index is 12.2. The molecule has 1 aliphatic rings. The summed E-state index contributed by atoms with van der Waals surface area (Å²) in [5, 5.41) is 8.70. The summed E-state index contributed by atoms with van der Waals surface area (Å²) in [4.78, 5) is 12.3. The standard InChI is InChI=1S/C11H23N3O4S/c1-3-4-5-12(2)19(17,18)14-8-6-13(7-9-14)10-11(15)16/h3-10H2,1-2H3,(H,15,16). The third-order valence-electron chi connectivity index (χ3n) is 3.24. The molecule has 1 fully saturated rings. The second-order valence-electron chi connectivity index (χ2n) is 4.75. The highest BCUT2D eigenvalue weighted by Gasteiger charge is 2.30. The highest BCUT2D eigenvalue weighted by atomic mass is 32.2. The number of aliphatic carboxylic acids is 1. The summed E-state index contributed by atoms with van der Waals surface area (Å²) in [6, 6.07) is 0. The molecule has 8 heteroatoms. The fraction of sp³-hybridized carbons (Fsp3) is 0.909. The van der Waals surface area contributed by atoms with Crippen molar-refractivity contribution >= 4 is 16.2 Å². The molecule has 1 heterocycles. The molecule has 0 unspecified atom stereocenters. The first-order valence-electron chi connectivity index (χ1n) is 6.53. The third-order valence-corrected chi connectivity index (χ3v) is 5.22. The first kappa shape index (κ1) is 16.4. The van der Waals surface area contributed by atoms with Gasteiger partial charge in [-0.1, -0.05) is 13.3 Å². The second kappa shape index (κ2) is 7.18. The van der Waals surface area contributed by atoms with Gasteiger partial charge in [-0.25, -0.2) is 0 Å². The van der Waals surface area contributed by atoms with Crippen LogP contribution < -0.4 is 0 Å². The normalized spacial score (nSPS) is 18.9. The minimum atomic E-state index is -3.39. The van der Waals surface area contributed by atoms with Crippen LogP contribution in [0, 0.1) is 0 Å². The van der Waals surface area contributed by atoms with Crippen molar-refractivity contribution in [1.82, 2.24) is 13.5 Å². The van der Waals surface area contributed by atoms with Gasteiger partial charge in [-0.3, -0.25) is 9.69 Å². The lowest BCUT2D eigenvalue weighted by Gasteiger charge is -2.35. The van der Waals surface area contributed by atoms with Crippen LogP contribution in [-0.4, -0.2) is 79.3 Å². The second-order valence-corrected chi connectivity index (χ2v) is 6.79. The van der Waals surface area contributed by atoms with E-state index in [9.17, 15) is 13.2 Å². The van der Waals surface area contributed by atoms with E-state index in [0.717, 1.165) is 12.8 Å².